The zero-order chi connectivity index (χ0) is 18.9. The van der Waals surface area contributed by atoms with E-state index in [0.717, 1.165) is 6.08 Å². The van der Waals surface area contributed by atoms with E-state index in [4.69, 9.17) is 4.74 Å². The summed E-state index contributed by atoms with van der Waals surface area (Å²) in [5, 5.41) is 2.53. The average Bonchev–Trinajstić information content (AvgIpc) is 2.65. The number of methoxy groups -OCH3 is 1. The lowest BCUT2D eigenvalue weighted by Crippen LogP contribution is -2.33. The molecule has 26 heavy (non-hydrogen) atoms. The Morgan fingerprint density at radius 1 is 1.04 bits per heavy atom. The van der Waals surface area contributed by atoms with E-state index in [2.05, 4.69) is 10.1 Å². The molecular formula is C19H17F2NO4. The van der Waals surface area contributed by atoms with Crippen LogP contribution in [0.4, 0.5) is 8.78 Å². The van der Waals surface area contributed by atoms with Gasteiger partial charge in [0.05, 0.1) is 7.11 Å². The van der Waals surface area contributed by atoms with Gasteiger partial charge in [-0.3, -0.25) is 4.79 Å². The Bertz CT molecular complexity index is 778. The van der Waals surface area contributed by atoms with Crippen molar-refractivity contribution in [3.8, 4) is 5.75 Å². The number of hydrogen-bond acceptors (Lipinski definition) is 4. The van der Waals surface area contributed by atoms with Crippen molar-refractivity contribution in [2.24, 2.45) is 0 Å². The average molecular weight is 361 g/mol. The summed E-state index contributed by atoms with van der Waals surface area (Å²) >= 11 is 0. The molecule has 0 radical (unpaired) electrons. The minimum absolute atomic E-state index is 0.0564. The van der Waals surface area contributed by atoms with Crippen molar-refractivity contribution in [2.45, 2.75) is 12.7 Å². The summed E-state index contributed by atoms with van der Waals surface area (Å²) < 4.78 is 33.9. The standard InChI is InChI=1S/C19H17F2NO4/c1-25-18(24)17(14-8-3-2-4-9-14)22-16(23)12-11-13-7-5-6-10-15(13)26-19(20)21/h2-12,17,19H,1H3,(H,22,23). The summed E-state index contributed by atoms with van der Waals surface area (Å²) in [6.07, 6.45) is 2.46. The number of carbonyl (C=O) groups excluding carboxylic acids is 2. The molecule has 0 heterocycles. The first-order chi connectivity index (χ1) is 12.5. The molecule has 1 N–H and O–H groups in total. The lowest BCUT2D eigenvalue weighted by atomic mass is 10.1. The van der Waals surface area contributed by atoms with Gasteiger partial charge in [-0.05, 0) is 17.7 Å². The van der Waals surface area contributed by atoms with Crippen molar-refractivity contribution in [1.82, 2.24) is 5.32 Å². The number of ether oxygens (including phenoxy) is 2. The van der Waals surface area contributed by atoms with Crippen LogP contribution in [0, 0.1) is 0 Å². The second kappa shape index (κ2) is 9.31. The van der Waals surface area contributed by atoms with Crippen molar-refractivity contribution in [1.29, 1.82) is 0 Å². The van der Waals surface area contributed by atoms with Crippen LogP contribution < -0.4 is 10.1 Å². The Kier molecular flexibility index (Phi) is 6.84. The SMILES string of the molecule is COC(=O)C(NC(=O)C=Cc1ccccc1OC(F)F)c1ccccc1. The Morgan fingerprint density at radius 2 is 1.69 bits per heavy atom. The molecule has 0 bridgehead atoms. The monoisotopic (exact) mass is 361 g/mol. The normalized spacial score (nSPS) is 12.0. The number of nitrogens with one attached hydrogen (secondary N) is 1. The van der Waals surface area contributed by atoms with Gasteiger partial charge in [0.25, 0.3) is 0 Å². The Hall–Kier alpha value is -3.22. The first-order valence-corrected chi connectivity index (χ1v) is 7.66. The summed E-state index contributed by atoms with van der Waals surface area (Å²) in [4.78, 5) is 24.1. The minimum atomic E-state index is -2.97. The highest BCUT2D eigenvalue weighted by molar-refractivity contribution is 5.95. The lowest BCUT2D eigenvalue weighted by molar-refractivity contribution is -0.144. The van der Waals surface area contributed by atoms with E-state index >= 15 is 0 Å². The van der Waals surface area contributed by atoms with E-state index < -0.39 is 24.5 Å². The summed E-state index contributed by atoms with van der Waals surface area (Å²) in [6.45, 7) is -2.97. The van der Waals surface area contributed by atoms with E-state index in [1.807, 2.05) is 0 Å². The Morgan fingerprint density at radius 3 is 2.35 bits per heavy atom. The van der Waals surface area contributed by atoms with Gasteiger partial charge in [-0.25, -0.2) is 4.79 Å². The number of alkyl halides is 2. The number of hydrogen-bond donors (Lipinski definition) is 1. The maximum absolute atomic E-state index is 12.4. The number of rotatable bonds is 7. The van der Waals surface area contributed by atoms with E-state index in [1.165, 1.54) is 31.4 Å². The van der Waals surface area contributed by atoms with Crippen molar-refractivity contribution >= 4 is 18.0 Å². The molecule has 2 aromatic rings. The molecule has 136 valence electrons. The van der Waals surface area contributed by atoms with Crippen LogP contribution in [0.15, 0.2) is 60.7 Å². The van der Waals surface area contributed by atoms with Crippen LogP contribution in [0.3, 0.4) is 0 Å². The number of amides is 1. The van der Waals surface area contributed by atoms with Gasteiger partial charge >= 0.3 is 12.6 Å². The fourth-order valence-corrected chi connectivity index (χ4v) is 2.22. The molecule has 2 aromatic carbocycles. The summed E-state index contributed by atoms with van der Waals surface area (Å²) in [5.41, 5.74) is 0.861. The van der Waals surface area contributed by atoms with Gasteiger partial charge < -0.3 is 14.8 Å². The number of carbonyl (C=O) groups is 2. The van der Waals surface area contributed by atoms with Gasteiger partial charge in [0.15, 0.2) is 6.04 Å². The van der Waals surface area contributed by atoms with E-state index in [9.17, 15) is 18.4 Å². The highest BCUT2D eigenvalue weighted by atomic mass is 19.3. The van der Waals surface area contributed by atoms with Crippen LogP contribution in [-0.2, 0) is 14.3 Å². The van der Waals surface area contributed by atoms with Crippen molar-refractivity contribution in [3.63, 3.8) is 0 Å². The molecule has 0 aromatic heterocycles. The van der Waals surface area contributed by atoms with Crippen LogP contribution in [0.2, 0.25) is 0 Å². The molecule has 1 atom stereocenters. The van der Waals surface area contributed by atoms with E-state index in [-0.39, 0.29) is 5.75 Å². The van der Waals surface area contributed by atoms with Crippen molar-refractivity contribution < 1.29 is 27.8 Å². The minimum Gasteiger partial charge on any atom is -0.467 e. The van der Waals surface area contributed by atoms with Crippen molar-refractivity contribution in [2.75, 3.05) is 7.11 Å². The van der Waals surface area contributed by atoms with Crippen LogP contribution in [0.1, 0.15) is 17.2 Å². The molecule has 0 fully saturated rings. The third-order valence-corrected chi connectivity index (χ3v) is 3.41. The molecule has 0 saturated carbocycles. The third kappa shape index (κ3) is 5.41. The number of halogens is 2. The van der Waals surface area contributed by atoms with Gasteiger partial charge in [0.1, 0.15) is 5.75 Å². The first kappa shape index (κ1) is 19.1. The number of para-hydroxylation sites is 1. The van der Waals surface area contributed by atoms with Crippen molar-refractivity contribution in [3.05, 3.63) is 71.8 Å². The predicted molar refractivity (Wildman–Crippen MR) is 91.4 cm³/mol. The highest BCUT2D eigenvalue weighted by Crippen LogP contribution is 2.21. The second-order valence-corrected chi connectivity index (χ2v) is 5.13. The zero-order valence-corrected chi connectivity index (χ0v) is 13.9. The fraction of sp³-hybridized carbons (Fsp3) is 0.158. The molecule has 2 rings (SSSR count). The summed E-state index contributed by atoms with van der Waals surface area (Å²) in [5.74, 6) is -1.27. The molecule has 1 unspecified atom stereocenters. The molecular weight excluding hydrogens is 344 g/mol. The van der Waals surface area contributed by atoms with Gasteiger partial charge in [-0.15, -0.1) is 0 Å². The molecule has 0 aliphatic rings. The molecule has 7 heteroatoms. The predicted octanol–water partition coefficient (Wildman–Crippen LogP) is 3.33. The molecule has 5 nitrogen and oxygen atoms in total. The Balaban J connectivity index is 2.13. The molecule has 1 amide bonds. The van der Waals surface area contributed by atoms with E-state index in [1.54, 1.807) is 36.4 Å². The maximum Gasteiger partial charge on any atom is 0.387 e. The number of esters is 1. The molecule has 0 aliphatic carbocycles. The fourth-order valence-electron chi connectivity index (χ4n) is 2.22. The van der Waals surface area contributed by atoms with Gasteiger partial charge in [-0.2, -0.15) is 8.78 Å². The van der Waals surface area contributed by atoms with Gasteiger partial charge in [0, 0.05) is 11.6 Å². The third-order valence-electron chi connectivity index (χ3n) is 3.41. The highest BCUT2D eigenvalue weighted by Gasteiger charge is 2.22. The van der Waals surface area contributed by atoms with Crippen LogP contribution in [0.5, 0.6) is 5.75 Å². The molecule has 0 saturated heterocycles. The van der Waals surface area contributed by atoms with E-state index in [0.29, 0.717) is 11.1 Å². The summed E-state index contributed by atoms with van der Waals surface area (Å²) in [7, 11) is 1.22. The van der Waals surface area contributed by atoms with Crippen LogP contribution in [-0.4, -0.2) is 25.6 Å². The topological polar surface area (TPSA) is 64.6 Å². The van der Waals surface area contributed by atoms with Crippen LogP contribution in [0.25, 0.3) is 6.08 Å². The zero-order valence-electron chi connectivity index (χ0n) is 13.9. The second-order valence-electron chi connectivity index (χ2n) is 5.13. The number of benzene rings is 2. The largest absolute Gasteiger partial charge is 0.467 e. The Labute approximate surface area is 149 Å². The molecule has 0 spiro atoms. The maximum atomic E-state index is 12.4. The molecule has 0 aliphatic heterocycles. The quantitative estimate of drug-likeness (QED) is 0.607. The summed E-state index contributed by atoms with van der Waals surface area (Å²) in [6, 6.07) is 13.7. The lowest BCUT2D eigenvalue weighted by Gasteiger charge is -2.15. The van der Waals surface area contributed by atoms with Gasteiger partial charge in [0.2, 0.25) is 5.91 Å². The first-order valence-electron chi connectivity index (χ1n) is 7.66. The van der Waals surface area contributed by atoms with Crippen LogP contribution >= 0.6 is 0 Å². The smallest absolute Gasteiger partial charge is 0.387 e. The van der Waals surface area contributed by atoms with Gasteiger partial charge in [-0.1, -0.05) is 48.5 Å².